The van der Waals surface area contributed by atoms with Crippen LogP contribution < -0.4 is 9.47 Å². The molecule has 0 aromatic heterocycles. The number of rotatable bonds is 2. The van der Waals surface area contributed by atoms with Gasteiger partial charge in [0.15, 0.2) is 11.5 Å². The van der Waals surface area contributed by atoms with Crippen LogP contribution in [-0.4, -0.2) is 0 Å². The normalized spacial score (nSPS) is 13.3. The van der Waals surface area contributed by atoms with Crippen LogP contribution in [-0.2, 0) is 19.6 Å². The minimum absolute atomic E-state index is 0.611. The van der Waals surface area contributed by atoms with Crippen molar-refractivity contribution in [1.82, 2.24) is 0 Å². The van der Waals surface area contributed by atoms with E-state index in [1.165, 1.54) is 16.7 Å². The van der Waals surface area contributed by atoms with Crippen molar-refractivity contribution in [2.75, 3.05) is 0 Å². The molecule has 0 unspecified atom stereocenters. The van der Waals surface area contributed by atoms with Crippen LogP contribution >= 0.6 is 0 Å². The van der Waals surface area contributed by atoms with E-state index in [2.05, 4.69) is 31.2 Å². The molecule has 0 fully saturated rings. The monoisotopic (exact) mass is 254 g/mol. The van der Waals surface area contributed by atoms with Crippen molar-refractivity contribution in [3.8, 4) is 11.5 Å². The third-order valence-electron chi connectivity index (χ3n) is 3.43. The molecular weight excluding hydrogens is 236 g/mol. The first kappa shape index (κ1) is 12.1. The van der Waals surface area contributed by atoms with E-state index >= 15 is 0 Å². The van der Waals surface area contributed by atoms with Gasteiger partial charge in [-0.25, -0.2) is 0 Å². The second-order valence-electron chi connectivity index (χ2n) is 4.88. The van der Waals surface area contributed by atoms with Gasteiger partial charge in [-0.2, -0.15) is 0 Å². The highest BCUT2D eigenvalue weighted by Gasteiger charge is 2.13. The molecule has 19 heavy (non-hydrogen) atoms. The fourth-order valence-electron chi connectivity index (χ4n) is 2.38. The number of ether oxygens (including phenoxy) is 2. The summed E-state index contributed by atoms with van der Waals surface area (Å²) < 4.78 is 11.8. The van der Waals surface area contributed by atoms with E-state index in [9.17, 15) is 0 Å². The molecule has 0 N–H and O–H groups in total. The van der Waals surface area contributed by atoms with Gasteiger partial charge < -0.3 is 9.47 Å². The molecule has 2 heteroatoms. The third kappa shape index (κ3) is 2.58. The van der Waals surface area contributed by atoms with Crippen molar-refractivity contribution in [1.29, 1.82) is 0 Å². The molecule has 0 atom stereocenters. The van der Waals surface area contributed by atoms with Crippen molar-refractivity contribution < 1.29 is 9.47 Å². The summed E-state index contributed by atoms with van der Waals surface area (Å²) in [6, 6.07) is 14.5. The molecule has 98 valence electrons. The highest BCUT2D eigenvalue weighted by atomic mass is 16.5. The van der Waals surface area contributed by atoms with Gasteiger partial charge in [-0.1, -0.05) is 43.7 Å². The van der Waals surface area contributed by atoms with Gasteiger partial charge in [0.1, 0.15) is 13.2 Å². The molecule has 0 amide bonds. The Balaban J connectivity index is 1.89. The second-order valence-corrected chi connectivity index (χ2v) is 4.88. The summed E-state index contributed by atoms with van der Waals surface area (Å²) in [5.74, 6) is 1.70. The lowest BCUT2D eigenvalue weighted by molar-refractivity contribution is 0.237. The lowest BCUT2D eigenvalue weighted by atomic mass is 10.1. The molecule has 2 aromatic rings. The average molecular weight is 254 g/mol. The first-order valence-corrected chi connectivity index (χ1v) is 6.82. The van der Waals surface area contributed by atoms with Crippen LogP contribution in [0.15, 0.2) is 42.5 Å². The minimum Gasteiger partial charge on any atom is -0.485 e. The number of fused-ring (bicyclic) bond motifs is 2. The van der Waals surface area contributed by atoms with Crippen LogP contribution in [0, 0.1) is 0 Å². The Hall–Kier alpha value is -1.96. The first-order valence-electron chi connectivity index (χ1n) is 6.82. The number of hydrogen-bond donors (Lipinski definition) is 0. The van der Waals surface area contributed by atoms with E-state index < -0.39 is 0 Å². The van der Waals surface area contributed by atoms with Crippen LogP contribution in [0.4, 0.5) is 0 Å². The minimum atomic E-state index is 0.611. The van der Waals surface area contributed by atoms with E-state index in [1.54, 1.807) is 0 Å². The number of benzene rings is 2. The van der Waals surface area contributed by atoms with Gasteiger partial charge in [-0.15, -0.1) is 0 Å². The van der Waals surface area contributed by atoms with Gasteiger partial charge in [0.05, 0.1) is 0 Å². The maximum absolute atomic E-state index is 5.92. The van der Waals surface area contributed by atoms with Gasteiger partial charge >= 0.3 is 0 Å². The third-order valence-corrected chi connectivity index (χ3v) is 3.43. The highest BCUT2D eigenvalue weighted by Crippen LogP contribution is 2.32. The van der Waals surface area contributed by atoms with E-state index in [0.29, 0.717) is 13.2 Å². The smallest absolute Gasteiger partial charge is 0.161 e. The molecule has 0 radical (unpaired) electrons. The first-order chi connectivity index (χ1) is 9.36. The molecule has 0 saturated carbocycles. The predicted octanol–water partition coefficient (Wildman–Crippen LogP) is 4.11. The van der Waals surface area contributed by atoms with E-state index in [0.717, 1.165) is 24.3 Å². The summed E-state index contributed by atoms with van der Waals surface area (Å²) in [7, 11) is 0. The Labute approximate surface area is 114 Å². The summed E-state index contributed by atoms with van der Waals surface area (Å²) in [6.07, 6.45) is 2.22. The van der Waals surface area contributed by atoms with Gasteiger partial charge in [0.2, 0.25) is 0 Å². The molecule has 0 saturated heterocycles. The van der Waals surface area contributed by atoms with Crippen molar-refractivity contribution in [3.63, 3.8) is 0 Å². The lowest BCUT2D eigenvalue weighted by Crippen LogP contribution is -2.08. The summed E-state index contributed by atoms with van der Waals surface area (Å²) >= 11 is 0. The molecule has 1 aliphatic heterocycles. The Morgan fingerprint density at radius 2 is 1.58 bits per heavy atom. The zero-order valence-electron chi connectivity index (χ0n) is 11.2. The zero-order chi connectivity index (χ0) is 13.1. The zero-order valence-corrected chi connectivity index (χ0v) is 11.2. The molecule has 2 aromatic carbocycles. The molecule has 0 aliphatic carbocycles. The van der Waals surface area contributed by atoms with Crippen LogP contribution in [0.3, 0.4) is 0 Å². The Morgan fingerprint density at radius 1 is 0.895 bits per heavy atom. The highest BCUT2D eigenvalue weighted by molar-refractivity contribution is 5.44. The van der Waals surface area contributed by atoms with E-state index in [1.807, 2.05) is 18.2 Å². The van der Waals surface area contributed by atoms with E-state index in [4.69, 9.17) is 9.47 Å². The maximum Gasteiger partial charge on any atom is 0.161 e. The summed E-state index contributed by atoms with van der Waals surface area (Å²) in [6.45, 7) is 3.41. The summed E-state index contributed by atoms with van der Waals surface area (Å²) in [4.78, 5) is 0. The largest absolute Gasteiger partial charge is 0.485 e. The topological polar surface area (TPSA) is 18.5 Å². The Kier molecular flexibility index (Phi) is 3.41. The van der Waals surface area contributed by atoms with Crippen LogP contribution in [0.2, 0.25) is 0 Å². The number of hydrogen-bond acceptors (Lipinski definition) is 2. The SMILES string of the molecule is CCCc1ccc2c(c1)OCc1ccccc1CO2. The molecule has 1 aliphatic rings. The van der Waals surface area contributed by atoms with Gasteiger partial charge in [0.25, 0.3) is 0 Å². The average Bonchev–Trinajstić information content (AvgIpc) is 2.42. The molecule has 0 bridgehead atoms. The maximum atomic E-state index is 5.92. The molecular formula is C17H18O2. The Morgan fingerprint density at radius 3 is 2.26 bits per heavy atom. The lowest BCUT2D eigenvalue weighted by Gasteiger charge is -2.19. The van der Waals surface area contributed by atoms with Crippen LogP contribution in [0.25, 0.3) is 0 Å². The van der Waals surface area contributed by atoms with E-state index in [-0.39, 0.29) is 0 Å². The molecule has 3 rings (SSSR count). The van der Waals surface area contributed by atoms with Crippen molar-refractivity contribution in [3.05, 3.63) is 59.2 Å². The van der Waals surface area contributed by atoms with Gasteiger partial charge in [-0.05, 0) is 35.2 Å². The molecule has 1 heterocycles. The molecule has 2 nitrogen and oxygen atoms in total. The van der Waals surface area contributed by atoms with Crippen molar-refractivity contribution >= 4 is 0 Å². The molecule has 0 spiro atoms. The number of aryl methyl sites for hydroxylation is 1. The van der Waals surface area contributed by atoms with Gasteiger partial charge in [0, 0.05) is 0 Å². The van der Waals surface area contributed by atoms with Gasteiger partial charge in [-0.3, -0.25) is 0 Å². The van der Waals surface area contributed by atoms with Crippen molar-refractivity contribution in [2.45, 2.75) is 33.0 Å². The summed E-state index contributed by atoms with van der Waals surface area (Å²) in [5, 5.41) is 0. The quantitative estimate of drug-likeness (QED) is 0.803. The standard InChI is InChI=1S/C17H18O2/c1-2-5-13-8-9-16-17(10-13)19-12-15-7-4-3-6-14(15)11-18-16/h3-4,6-10H,2,5,11-12H2,1H3. The summed E-state index contributed by atoms with van der Waals surface area (Å²) in [5.41, 5.74) is 3.71. The van der Waals surface area contributed by atoms with Crippen LogP contribution in [0.5, 0.6) is 11.5 Å². The van der Waals surface area contributed by atoms with Crippen LogP contribution in [0.1, 0.15) is 30.0 Å². The Bertz CT molecular complexity index is 575. The predicted molar refractivity (Wildman–Crippen MR) is 75.5 cm³/mol. The second kappa shape index (κ2) is 5.35. The fourth-order valence-corrected chi connectivity index (χ4v) is 2.38. The fraction of sp³-hybridized carbons (Fsp3) is 0.294. The van der Waals surface area contributed by atoms with Crippen molar-refractivity contribution in [2.24, 2.45) is 0 Å².